The Kier molecular flexibility index (Phi) is 9.41. The SMILES string of the molecule is C[C@@]1(OC(=O)c2ccccc2)[C@H](OC(=O)c2ccccc2)[C@@H](COC(=O)c2ccccc2)O[C@H]1n1cc(CN=[N+]=[N-])c(=O)[nH]c1=O. The van der Waals surface area contributed by atoms with E-state index < -0.39 is 66.3 Å². The van der Waals surface area contributed by atoms with Crippen molar-refractivity contribution < 1.29 is 33.3 Å². The molecule has 3 aromatic carbocycles. The van der Waals surface area contributed by atoms with Gasteiger partial charge in [-0.1, -0.05) is 59.7 Å². The number of benzene rings is 3. The number of esters is 3. The molecule has 0 unspecified atom stereocenters. The zero-order valence-electron chi connectivity index (χ0n) is 24.3. The van der Waals surface area contributed by atoms with E-state index in [1.54, 1.807) is 66.7 Å². The molecule has 0 amide bonds. The van der Waals surface area contributed by atoms with Gasteiger partial charge in [-0.2, -0.15) is 0 Å². The summed E-state index contributed by atoms with van der Waals surface area (Å²) in [4.78, 5) is 70.2. The fourth-order valence-electron chi connectivity index (χ4n) is 4.98. The van der Waals surface area contributed by atoms with Crippen molar-refractivity contribution in [2.75, 3.05) is 6.61 Å². The van der Waals surface area contributed by atoms with E-state index in [2.05, 4.69) is 15.0 Å². The third-order valence-corrected chi connectivity index (χ3v) is 7.25. The quantitative estimate of drug-likeness (QED) is 0.0893. The van der Waals surface area contributed by atoms with Crippen molar-refractivity contribution >= 4 is 17.9 Å². The highest BCUT2D eigenvalue weighted by Gasteiger charge is 2.60. The molecule has 14 nitrogen and oxygen atoms in total. The Bertz CT molecular complexity index is 1890. The summed E-state index contributed by atoms with van der Waals surface area (Å²) in [5.41, 5.74) is 5.51. The first-order chi connectivity index (χ1) is 22.2. The van der Waals surface area contributed by atoms with E-state index in [1.807, 2.05) is 0 Å². The first-order valence-corrected chi connectivity index (χ1v) is 14.0. The van der Waals surface area contributed by atoms with Crippen LogP contribution in [0.2, 0.25) is 0 Å². The van der Waals surface area contributed by atoms with Gasteiger partial charge in [0.1, 0.15) is 12.7 Å². The van der Waals surface area contributed by atoms with Crippen LogP contribution < -0.4 is 11.2 Å². The van der Waals surface area contributed by atoms with E-state index >= 15 is 0 Å². The highest BCUT2D eigenvalue weighted by Crippen LogP contribution is 2.43. The van der Waals surface area contributed by atoms with Crippen molar-refractivity contribution in [2.24, 2.45) is 5.11 Å². The van der Waals surface area contributed by atoms with Crippen LogP contribution in [0.4, 0.5) is 0 Å². The van der Waals surface area contributed by atoms with Gasteiger partial charge in [0.05, 0.1) is 23.2 Å². The zero-order chi connectivity index (χ0) is 32.7. The maximum absolute atomic E-state index is 13.5. The Morgan fingerprint density at radius 2 is 1.43 bits per heavy atom. The number of aromatic nitrogens is 2. The second kappa shape index (κ2) is 13.8. The number of hydrogen-bond acceptors (Lipinski definition) is 10. The number of hydrogen-bond donors (Lipinski definition) is 1. The second-order valence-corrected chi connectivity index (χ2v) is 10.3. The molecule has 5 rings (SSSR count). The Morgan fingerprint density at radius 3 is 2.00 bits per heavy atom. The average Bonchev–Trinajstić information content (AvgIpc) is 3.34. The van der Waals surface area contributed by atoms with Crippen LogP contribution >= 0.6 is 0 Å². The molecule has 1 aliphatic rings. The van der Waals surface area contributed by atoms with Crippen LogP contribution in [0.3, 0.4) is 0 Å². The van der Waals surface area contributed by atoms with Gasteiger partial charge in [0.2, 0.25) is 0 Å². The van der Waals surface area contributed by atoms with Crippen LogP contribution in [0.25, 0.3) is 10.4 Å². The summed E-state index contributed by atoms with van der Waals surface area (Å²) in [6, 6.07) is 24.1. The molecule has 0 radical (unpaired) electrons. The van der Waals surface area contributed by atoms with Gasteiger partial charge in [0, 0.05) is 16.7 Å². The summed E-state index contributed by atoms with van der Waals surface area (Å²) < 4.78 is 24.6. The maximum Gasteiger partial charge on any atom is 0.338 e. The summed E-state index contributed by atoms with van der Waals surface area (Å²) in [5, 5.41) is 3.40. The van der Waals surface area contributed by atoms with E-state index in [1.165, 1.54) is 31.2 Å². The molecule has 0 spiro atoms. The number of carbonyl (C=O) groups is 3. The molecule has 46 heavy (non-hydrogen) atoms. The number of aromatic amines is 1. The summed E-state index contributed by atoms with van der Waals surface area (Å²) in [7, 11) is 0. The number of carbonyl (C=O) groups excluding carboxylic acids is 3. The summed E-state index contributed by atoms with van der Waals surface area (Å²) in [5.74, 6) is -2.36. The third-order valence-electron chi connectivity index (χ3n) is 7.25. The summed E-state index contributed by atoms with van der Waals surface area (Å²) in [6.45, 7) is 0.494. The lowest BCUT2D eigenvalue weighted by Crippen LogP contribution is -2.52. The molecule has 234 valence electrons. The lowest BCUT2D eigenvalue weighted by molar-refractivity contribution is -0.111. The van der Waals surface area contributed by atoms with Gasteiger partial charge in [0.15, 0.2) is 17.9 Å². The number of nitrogens with zero attached hydrogens (tertiary/aromatic N) is 4. The van der Waals surface area contributed by atoms with Gasteiger partial charge < -0.3 is 18.9 Å². The molecule has 0 saturated carbocycles. The van der Waals surface area contributed by atoms with E-state index in [0.29, 0.717) is 0 Å². The predicted molar refractivity (Wildman–Crippen MR) is 161 cm³/mol. The maximum atomic E-state index is 13.5. The number of nitrogens with one attached hydrogen (secondary N) is 1. The highest BCUT2D eigenvalue weighted by molar-refractivity contribution is 5.91. The van der Waals surface area contributed by atoms with Crippen LogP contribution in [0.5, 0.6) is 0 Å². The van der Waals surface area contributed by atoms with Crippen molar-refractivity contribution in [1.29, 1.82) is 0 Å². The lowest BCUT2D eigenvalue weighted by Gasteiger charge is -2.34. The molecule has 0 bridgehead atoms. The third kappa shape index (κ3) is 6.73. The minimum Gasteiger partial charge on any atom is -0.459 e. The number of azide groups is 1. The van der Waals surface area contributed by atoms with Crippen molar-refractivity contribution in [2.45, 2.75) is 37.5 Å². The minimum atomic E-state index is -1.96. The summed E-state index contributed by atoms with van der Waals surface area (Å²) >= 11 is 0. The first-order valence-electron chi connectivity index (χ1n) is 14.0. The molecule has 1 N–H and O–H groups in total. The van der Waals surface area contributed by atoms with Crippen LogP contribution in [0.1, 0.15) is 49.8 Å². The molecule has 1 fully saturated rings. The molecule has 0 aliphatic carbocycles. The van der Waals surface area contributed by atoms with Gasteiger partial charge in [-0.15, -0.1) is 0 Å². The minimum absolute atomic E-state index is 0.102. The molecular weight excluding hydrogens is 598 g/mol. The van der Waals surface area contributed by atoms with Gasteiger partial charge >= 0.3 is 23.6 Å². The van der Waals surface area contributed by atoms with Crippen LogP contribution in [0.15, 0.2) is 112 Å². The van der Waals surface area contributed by atoms with Crippen LogP contribution in [-0.2, 0) is 25.5 Å². The Morgan fingerprint density at radius 1 is 0.891 bits per heavy atom. The van der Waals surface area contributed by atoms with E-state index in [4.69, 9.17) is 24.5 Å². The molecule has 4 atom stereocenters. The molecule has 4 aromatic rings. The zero-order valence-corrected chi connectivity index (χ0v) is 24.3. The van der Waals surface area contributed by atoms with Gasteiger partial charge in [-0.3, -0.25) is 14.3 Å². The van der Waals surface area contributed by atoms with Gasteiger partial charge in [-0.05, 0) is 48.9 Å². The fourth-order valence-corrected chi connectivity index (χ4v) is 4.98. The monoisotopic (exact) mass is 625 g/mol. The molecular formula is C32H27N5O9. The van der Waals surface area contributed by atoms with E-state index in [9.17, 15) is 24.0 Å². The topological polar surface area (TPSA) is 192 Å². The number of H-pyrrole nitrogens is 1. The largest absolute Gasteiger partial charge is 0.459 e. The molecule has 1 aliphatic heterocycles. The Balaban J connectivity index is 1.59. The van der Waals surface area contributed by atoms with Crippen molar-refractivity contribution in [1.82, 2.24) is 9.55 Å². The van der Waals surface area contributed by atoms with Crippen molar-refractivity contribution in [3.63, 3.8) is 0 Å². The van der Waals surface area contributed by atoms with Crippen LogP contribution in [0, 0.1) is 0 Å². The van der Waals surface area contributed by atoms with Crippen molar-refractivity contribution in [3.05, 3.63) is 151 Å². The number of rotatable bonds is 10. The normalized spacial score (nSPS) is 20.2. The Labute approximate surface area is 260 Å². The lowest BCUT2D eigenvalue weighted by atomic mass is 9.95. The molecule has 14 heteroatoms. The van der Waals surface area contributed by atoms with Crippen LogP contribution in [-0.4, -0.2) is 51.9 Å². The van der Waals surface area contributed by atoms with Gasteiger partial charge in [0.25, 0.3) is 5.56 Å². The van der Waals surface area contributed by atoms with Gasteiger partial charge in [-0.25, -0.2) is 19.2 Å². The van der Waals surface area contributed by atoms with Crippen molar-refractivity contribution in [3.8, 4) is 0 Å². The second-order valence-electron chi connectivity index (χ2n) is 10.3. The summed E-state index contributed by atoms with van der Waals surface area (Å²) in [6.07, 6.45) is -3.17. The number of ether oxygens (including phenoxy) is 4. The molecule has 1 aromatic heterocycles. The van der Waals surface area contributed by atoms with E-state index in [-0.39, 0.29) is 22.3 Å². The molecule has 1 saturated heterocycles. The average molecular weight is 626 g/mol. The molecule has 2 heterocycles. The predicted octanol–water partition coefficient (Wildman–Crippen LogP) is 3.94. The Hall–Kier alpha value is -5.98. The highest BCUT2D eigenvalue weighted by atomic mass is 16.7. The fraction of sp³-hybridized carbons (Fsp3) is 0.219. The standard InChI is InChI=1S/C32H27N5O9/c1-32(46-29(41)22-15-9-4-10-16-22)25(45-28(40)21-13-7-3-8-14-21)24(19-43-27(39)20-11-5-2-6-12-20)44-30(32)37-18-23(17-34-36-33)26(38)35-31(37)42/h2-16,18,24-25,30H,17,19H2,1H3,(H,35,38,42)/t24-,25-,30-,32-/m1/s1. The van der Waals surface area contributed by atoms with E-state index in [0.717, 1.165) is 10.8 Å². The smallest absolute Gasteiger partial charge is 0.338 e. The first kappa shape index (κ1) is 31.4.